The third kappa shape index (κ3) is 2.89. The van der Waals surface area contributed by atoms with Gasteiger partial charge in [-0.2, -0.15) is 5.10 Å². The average Bonchev–Trinajstić information content (AvgIpc) is 3.44. The molecule has 1 N–H and O–H groups in total. The molecule has 4 aromatic rings. The number of rotatable bonds is 2. The Hall–Kier alpha value is -3.49. The Labute approximate surface area is 173 Å². The number of hydrogen-bond donors (Lipinski definition) is 1. The molecule has 1 unspecified atom stereocenters. The van der Waals surface area contributed by atoms with Crippen LogP contribution in [-0.2, 0) is 11.8 Å². The molecule has 1 aliphatic heterocycles. The van der Waals surface area contributed by atoms with E-state index in [9.17, 15) is 4.79 Å². The van der Waals surface area contributed by atoms with E-state index in [0.717, 1.165) is 28.2 Å². The molecular weight excluding hydrogens is 382 g/mol. The highest BCUT2D eigenvalue weighted by Gasteiger charge is 2.38. The molecule has 0 saturated heterocycles. The van der Waals surface area contributed by atoms with Gasteiger partial charge in [0.15, 0.2) is 0 Å². The summed E-state index contributed by atoms with van der Waals surface area (Å²) in [4.78, 5) is 22.8. The van der Waals surface area contributed by atoms with E-state index in [1.165, 1.54) is 0 Å². The number of carbonyl (C=O) groups is 1. The van der Waals surface area contributed by atoms with Crippen molar-refractivity contribution in [1.29, 1.82) is 0 Å². The van der Waals surface area contributed by atoms with Crippen molar-refractivity contribution in [3.8, 4) is 0 Å². The van der Waals surface area contributed by atoms with Crippen LogP contribution in [0.5, 0.6) is 0 Å². The number of pyridine rings is 1. The summed E-state index contributed by atoms with van der Waals surface area (Å²) in [5.74, 6) is 0.109. The minimum absolute atomic E-state index is 0.0103. The van der Waals surface area contributed by atoms with Crippen LogP contribution < -0.4 is 0 Å². The Morgan fingerprint density at radius 1 is 1.30 bits per heavy atom. The van der Waals surface area contributed by atoms with E-state index in [0.29, 0.717) is 18.9 Å². The van der Waals surface area contributed by atoms with Gasteiger partial charge in [-0.3, -0.25) is 4.79 Å². The van der Waals surface area contributed by atoms with E-state index in [2.05, 4.69) is 20.2 Å². The Morgan fingerprint density at radius 2 is 2.13 bits per heavy atom. The molecule has 5 rings (SSSR count). The van der Waals surface area contributed by atoms with Gasteiger partial charge in [0, 0.05) is 30.3 Å². The summed E-state index contributed by atoms with van der Waals surface area (Å²) in [6.45, 7) is 8.43. The molecule has 154 valence electrons. The van der Waals surface area contributed by atoms with Crippen molar-refractivity contribution >= 4 is 11.4 Å². The Kier molecular flexibility index (Phi) is 4.02. The largest absolute Gasteiger partial charge is 0.416 e. The van der Waals surface area contributed by atoms with Gasteiger partial charge in [-0.05, 0) is 24.6 Å². The van der Waals surface area contributed by atoms with Crippen LogP contribution in [0.1, 0.15) is 66.0 Å². The number of imidazole rings is 1. The SMILES string of the molecule is Cc1cccn2nc(C3c4nc[nH]c4CCN3C(=O)c3nnc(C(C)(C)C)o3)cc12. The van der Waals surface area contributed by atoms with Gasteiger partial charge in [0.2, 0.25) is 5.89 Å². The van der Waals surface area contributed by atoms with Gasteiger partial charge in [-0.25, -0.2) is 9.50 Å². The minimum Gasteiger partial charge on any atom is -0.416 e. The lowest BCUT2D eigenvalue weighted by atomic mass is 9.97. The van der Waals surface area contributed by atoms with Crippen LogP contribution in [0, 0.1) is 6.92 Å². The molecule has 0 bridgehead atoms. The van der Waals surface area contributed by atoms with Gasteiger partial charge in [-0.1, -0.05) is 26.8 Å². The number of aromatic amines is 1. The molecule has 0 fully saturated rings. The molecule has 30 heavy (non-hydrogen) atoms. The predicted molar refractivity (Wildman–Crippen MR) is 108 cm³/mol. The van der Waals surface area contributed by atoms with Gasteiger partial charge in [-0.15, -0.1) is 10.2 Å². The summed E-state index contributed by atoms with van der Waals surface area (Å²) in [7, 11) is 0. The number of aromatic nitrogens is 6. The molecule has 0 saturated carbocycles. The fourth-order valence-electron chi connectivity index (χ4n) is 3.84. The Balaban J connectivity index is 1.59. The van der Waals surface area contributed by atoms with Crippen LogP contribution in [0.25, 0.3) is 5.52 Å². The van der Waals surface area contributed by atoms with E-state index in [-0.39, 0.29) is 17.2 Å². The molecule has 4 aromatic heterocycles. The van der Waals surface area contributed by atoms with Crippen molar-refractivity contribution in [2.24, 2.45) is 0 Å². The summed E-state index contributed by atoms with van der Waals surface area (Å²) in [6, 6.07) is 5.57. The zero-order chi connectivity index (χ0) is 21.0. The number of H-pyrrole nitrogens is 1. The van der Waals surface area contributed by atoms with Gasteiger partial charge in [0.25, 0.3) is 0 Å². The van der Waals surface area contributed by atoms with E-state index >= 15 is 0 Å². The van der Waals surface area contributed by atoms with Crippen LogP contribution in [-0.4, -0.2) is 47.1 Å². The van der Waals surface area contributed by atoms with Crippen LogP contribution in [0.15, 0.2) is 35.1 Å². The third-order valence-corrected chi connectivity index (χ3v) is 5.45. The fraction of sp³-hybridized carbons (Fsp3) is 0.381. The number of nitrogens with one attached hydrogen (secondary N) is 1. The van der Waals surface area contributed by atoms with Gasteiger partial charge < -0.3 is 14.3 Å². The number of carbonyl (C=O) groups excluding carboxylic acids is 1. The molecule has 1 aliphatic rings. The second-order valence-corrected chi connectivity index (χ2v) is 8.67. The number of amides is 1. The highest BCUT2D eigenvalue weighted by molar-refractivity contribution is 5.90. The van der Waals surface area contributed by atoms with Crippen molar-refractivity contribution in [1.82, 2.24) is 34.7 Å². The maximum atomic E-state index is 13.4. The highest BCUT2D eigenvalue weighted by Crippen LogP contribution is 2.34. The van der Waals surface area contributed by atoms with Crippen molar-refractivity contribution in [3.63, 3.8) is 0 Å². The molecule has 1 atom stereocenters. The van der Waals surface area contributed by atoms with Crippen LogP contribution in [0.3, 0.4) is 0 Å². The molecular formula is C21H23N7O2. The monoisotopic (exact) mass is 405 g/mol. The van der Waals surface area contributed by atoms with E-state index in [4.69, 9.17) is 9.52 Å². The maximum absolute atomic E-state index is 13.4. The van der Waals surface area contributed by atoms with Crippen LogP contribution in [0.2, 0.25) is 0 Å². The first-order chi connectivity index (χ1) is 14.3. The van der Waals surface area contributed by atoms with Gasteiger partial charge in [0.1, 0.15) is 6.04 Å². The molecule has 1 amide bonds. The minimum atomic E-state index is -0.434. The Bertz CT molecular complexity index is 1240. The molecule has 9 nitrogen and oxygen atoms in total. The van der Waals surface area contributed by atoms with Crippen molar-refractivity contribution in [2.45, 2.75) is 45.6 Å². The van der Waals surface area contributed by atoms with Gasteiger partial charge >= 0.3 is 11.8 Å². The topological polar surface area (TPSA) is 105 Å². The lowest BCUT2D eigenvalue weighted by molar-refractivity contribution is 0.0642. The summed E-state index contributed by atoms with van der Waals surface area (Å²) in [6.07, 6.45) is 4.24. The average molecular weight is 405 g/mol. The molecule has 0 spiro atoms. The molecule has 9 heteroatoms. The van der Waals surface area contributed by atoms with Crippen LogP contribution >= 0.6 is 0 Å². The molecule has 0 aromatic carbocycles. The van der Waals surface area contributed by atoms with Crippen LogP contribution in [0.4, 0.5) is 0 Å². The Morgan fingerprint density at radius 3 is 2.87 bits per heavy atom. The smallest absolute Gasteiger partial charge is 0.312 e. The van der Waals surface area contributed by atoms with E-state index in [1.807, 2.05) is 56.6 Å². The first-order valence-corrected chi connectivity index (χ1v) is 9.95. The molecule has 0 radical (unpaired) electrons. The van der Waals surface area contributed by atoms with Crippen molar-refractivity contribution in [2.75, 3.05) is 6.54 Å². The van der Waals surface area contributed by atoms with Crippen molar-refractivity contribution < 1.29 is 9.21 Å². The molecule has 0 aliphatic carbocycles. The first-order valence-electron chi connectivity index (χ1n) is 9.95. The standard InChI is InChI=1S/C21H23N7O2/c1-12-6-5-8-28-15(12)10-14(26-28)17-16-13(22-11-23-16)7-9-27(17)19(29)18-24-25-20(30-18)21(2,3)4/h5-6,8,10-11,17H,7,9H2,1-4H3,(H,22,23). The fourth-order valence-corrected chi connectivity index (χ4v) is 3.84. The lowest BCUT2D eigenvalue weighted by Crippen LogP contribution is -2.41. The number of fused-ring (bicyclic) bond motifs is 2. The zero-order valence-electron chi connectivity index (χ0n) is 17.4. The number of aryl methyl sites for hydroxylation is 1. The quantitative estimate of drug-likeness (QED) is 0.550. The highest BCUT2D eigenvalue weighted by atomic mass is 16.4. The maximum Gasteiger partial charge on any atom is 0.312 e. The summed E-state index contributed by atoms with van der Waals surface area (Å²) >= 11 is 0. The zero-order valence-corrected chi connectivity index (χ0v) is 17.4. The predicted octanol–water partition coefficient (Wildman–Crippen LogP) is 2.83. The second kappa shape index (κ2) is 6.51. The van der Waals surface area contributed by atoms with E-state index in [1.54, 1.807) is 11.2 Å². The third-order valence-electron chi connectivity index (χ3n) is 5.45. The summed E-state index contributed by atoms with van der Waals surface area (Å²) in [5.41, 5.74) is 4.34. The molecule has 5 heterocycles. The van der Waals surface area contributed by atoms with E-state index < -0.39 is 6.04 Å². The van der Waals surface area contributed by atoms with Gasteiger partial charge in [0.05, 0.1) is 23.2 Å². The summed E-state index contributed by atoms with van der Waals surface area (Å²) < 4.78 is 7.56. The summed E-state index contributed by atoms with van der Waals surface area (Å²) in [5, 5.41) is 12.8. The lowest BCUT2D eigenvalue weighted by Gasteiger charge is -2.32. The first kappa shape index (κ1) is 18.5. The normalized spacial score (nSPS) is 16.8. The van der Waals surface area contributed by atoms with Crippen molar-refractivity contribution in [3.05, 3.63) is 65.1 Å². The number of nitrogens with zero attached hydrogens (tertiary/aromatic N) is 6. The number of hydrogen-bond acceptors (Lipinski definition) is 6. The second-order valence-electron chi connectivity index (χ2n) is 8.67.